The maximum Gasteiger partial charge on any atom is 0.234 e. The lowest BCUT2D eigenvalue weighted by atomic mass is 10.1. The first-order chi connectivity index (χ1) is 11.1. The maximum absolute atomic E-state index is 11.8. The molecule has 0 radical (unpaired) electrons. The molecular formula is C17H25N3O2S. The normalized spacial score (nSPS) is 17.0. The molecule has 1 atom stereocenters. The molecule has 1 aromatic rings. The molecule has 2 rings (SSSR count). The molecule has 1 fully saturated rings. The third-order valence-corrected chi connectivity index (χ3v) is 4.77. The molecule has 23 heavy (non-hydrogen) atoms. The van der Waals surface area contributed by atoms with Crippen molar-refractivity contribution in [3.05, 3.63) is 29.8 Å². The Labute approximate surface area is 142 Å². The molecule has 1 aromatic carbocycles. The van der Waals surface area contributed by atoms with E-state index in [0.29, 0.717) is 11.7 Å². The van der Waals surface area contributed by atoms with Gasteiger partial charge in [0.2, 0.25) is 11.8 Å². The van der Waals surface area contributed by atoms with Crippen LogP contribution in [-0.4, -0.2) is 43.0 Å². The fourth-order valence-corrected chi connectivity index (χ4v) is 3.15. The summed E-state index contributed by atoms with van der Waals surface area (Å²) in [6.45, 7) is 4.87. The molecule has 0 aliphatic carbocycles. The quantitative estimate of drug-likeness (QED) is 0.677. The van der Waals surface area contributed by atoms with Gasteiger partial charge in [-0.05, 0) is 50.9 Å². The molecular weight excluding hydrogens is 310 g/mol. The van der Waals surface area contributed by atoms with Gasteiger partial charge in [-0.2, -0.15) is 0 Å². The molecule has 0 bridgehead atoms. The molecule has 1 aliphatic rings. The van der Waals surface area contributed by atoms with E-state index >= 15 is 0 Å². The van der Waals surface area contributed by atoms with Gasteiger partial charge in [0, 0.05) is 12.2 Å². The number of rotatable bonds is 8. The molecule has 1 aliphatic heterocycles. The van der Waals surface area contributed by atoms with E-state index in [0.717, 1.165) is 37.3 Å². The number of amides is 2. The minimum Gasteiger partial charge on any atom is -0.355 e. The van der Waals surface area contributed by atoms with Crippen LogP contribution in [0.25, 0.3) is 0 Å². The number of benzene rings is 1. The zero-order chi connectivity index (χ0) is 16.5. The highest BCUT2D eigenvalue weighted by Gasteiger charge is 2.14. The average Bonchev–Trinajstić information content (AvgIpc) is 3.03. The van der Waals surface area contributed by atoms with Gasteiger partial charge in [0.05, 0.1) is 11.5 Å². The number of carbonyl (C=O) groups excluding carboxylic acids is 2. The van der Waals surface area contributed by atoms with Crippen molar-refractivity contribution < 1.29 is 9.59 Å². The molecule has 1 unspecified atom stereocenters. The Bertz CT molecular complexity index is 513. The SMILES string of the molecule is Cc1ccc(NC(=O)CSCC(=O)NCCC2CCNC2)cc1. The van der Waals surface area contributed by atoms with Gasteiger partial charge in [0.15, 0.2) is 0 Å². The molecule has 1 heterocycles. The van der Waals surface area contributed by atoms with Gasteiger partial charge in [-0.15, -0.1) is 11.8 Å². The summed E-state index contributed by atoms with van der Waals surface area (Å²) in [5.74, 6) is 1.22. The van der Waals surface area contributed by atoms with E-state index in [1.807, 2.05) is 31.2 Å². The van der Waals surface area contributed by atoms with Gasteiger partial charge in [0.25, 0.3) is 0 Å². The van der Waals surface area contributed by atoms with Crippen LogP contribution in [0.1, 0.15) is 18.4 Å². The topological polar surface area (TPSA) is 70.2 Å². The lowest BCUT2D eigenvalue weighted by molar-refractivity contribution is -0.118. The summed E-state index contributed by atoms with van der Waals surface area (Å²) in [6, 6.07) is 7.66. The van der Waals surface area contributed by atoms with Gasteiger partial charge in [0.1, 0.15) is 0 Å². The molecule has 0 aromatic heterocycles. The highest BCUT2D eigenvalue weighted by atomic mass is 32.2. The van der Waals surface area contributed by atoms with E-state index < -0.39 is 0 Å². The molecule has 0 saturated carbocycles. The average molecular weight is 335 g/mol. The van der Waals surface area contributed by atoms with Crippen LogP contribution in [0.4, 0.5) is 5.69 Å². The maximum atomic E-state index is 11.8. The molecule has 0 spiro atoms. The Balaban J connectivity index is 1.53. The van der Waals surface area contributed by atoms with Crippen molar-refractivity contribution in [3.63, 3.8) is 0 Å². The summed E-state index contributed by atoms with van der Waals surface area (Å²) in [5, 5.41) is 9.06. The number of carbonyl (C=O) groups is 2. The first-order valence-corrected chi connectivity index (χ1v) is 9.20. The number of hydrogen-bond donors (Lipinski definition) is 3. The van der Waals surface area contributed by atoms with E-state index in [4.69, 9.17) is 0 Å². The smallest absolute Gasteiger partial charge is 0.234 e. The lowest BCUT2D eigenvalue weighted by Gasteiger charge is -2.09. The van der Waals surface area contributed by atoms with Gasteiger partial charge in [-0.1, -0.05) is 17.7 Å². The lowest BCUT2D eigenvalue weighted by Crippen LogP contribution is -2.28. The Hall–Kier alpha value is -1.53. The van der Waals surface area contributed by atoms with E-state index in [9.17, 15) is 9.59 Å². The molecule has 126 valence electrons. The first-order valence-electron chi connectivity index (χ1n) is 8.05. The summed E-state index contributed by atoms with van der Waals surface area (Å²) in [7, 11) is 0. The highest BCUT2D eigenvalue weighted by molar-refractivity contribution is 8.00. The number of hydrogen-bond acceptors (Lipinski definition) is 4. The Morgan fingerprint density at radius 1 is 1.22 bits per heavy atom. The third kappa shape index (κ3) is 7.05. The van der Waals surface area contributed by atoms with Crippen LogP contribution in [-0.2, 0) is 9.59 Å². The minimum atomic E-state index is -0.0799. The van der Waals surface area contributed by atoms with Crippen molar-refractivity contribution in [2.24, 2.45) is 5.92 Å². The van der Waals surface area contributed by atoms with Crippen LogP contribution in [0.15, 0.2) is 24.3 Å². The zero-order valence-electron chi connectivity index (χ0n) is 13.6. The van der Waals surface area contributed by atoms with E-state index in [1.54, 1.807) is 0 Å². The number of anilines is 1. The predicted molar refractivity (Wildman–Crippen MR) is 95.7 cm³/mol. The predicted octanol–water partition coefficient (Wildman–Crippen LogP) is 1.78. The number of thioether (sulfide) groups is 1. The van der Waals surface area contributed by atoms with Crippen LogP contribution < -0.4 is 16.0 Å². The number of nitrogens with one attached hydrogen (secondary N) is 3. The minimum absolute atomic E-state index is 0.00379. The van der Waals surface area contributed by atoms with Crippen molar-refractivity contribution in [1.82, 2.24) is 10.6 Å². The number of aryl methyl sites for hydroxylation is 1. The van der Waals surface area contributed by atoms with Crippen LogP contribution in [0.3, 0.4) is 0 Å². The summed E-state index contributed by atoms with van der Waals surface area (Å²) in [5.41, 5.74) is 1.94. The van der Waals surface area contributed by atoms with Gasteiger partial charge < -0.3 is 16.0 Å². The van der Waals surface area contributed by atoms with Gasteiger partial charge >= 0.3 is 0 Å². The summed E-state index contributed by atoms with van der Waals surface area (Å²) in [6.07, 6.45) is 2.22. The third-order valence-electron chi connectivity index (χ3n) is 3.84. The van der Waals surface area contributed by atoms with E-state index in [1.165, 1.54) is 18.2 Å². The van der Waals surface area contributed by atoms with Crippen LogP contribution in [0.5, 0.6) is 0 Å². The fourth-order valence-electron chi connectivity index (χ4n) is 2.50. The first kappa shape index (κ1) is 17.8. The van der Waals surface area contributed by atoms with Crippen molar-refractivity contribution in [2.45, 2.75) is 19.8 Å². The second kappa shape index (κ2) is 9.57. The summed E-state index contributed by atoms with van der Waals surface area (Å²) < 4.78 is 0. The molecule has 6 heteroatoms. The molecule has 3 N–H and O–H groups in total. The van der Waals surface area contributed by atoms with Crippen molar-refractivity contribution in [1.29, 1.82) is 0 Å². The Morgan fingerprint density at radius 2 is 1.96 bits per heavy atom. The van der Waals surface area contributed by atoms with Crippen molar-refractivity contribution in [3.8, 4) is 0 Å². The van der Waals surface area contributed by atoms with E-state index in [-0.39, 0.29) is 17.6 Å². The molecule has 2 amide bonds. The van der Waals surface area contributed by atoms with Crippen LogP contribution >= 0.6 is 11.8 Å². The largest absolute Gasteiger partial charge is 0.355 e. The molecule has 1 saturated heterocycles. The Kier molecular flexibility index (Phi) is 7.42. The van der Waals surface area contributed by atoms with Crippen LogP contribution in [0, 0.1) is 12.8 Å². The van der Waals surface area contributed by atoms with Gasteiger partial charge in [-0.25, -0.2) is 0 Å². The standard InChI is InChI=1S/C17H25N3O2S/c1-13-2-4-15(5-3-13)20-17(22)12-23-11-16(21)19-9-7-14-6-8-18-10-14/h2-5,14,18H,6-12H2,1H3,(H,19,21)(H,20,22). The fraction of sp³-hybridized carbons (Fsp3) is 0.529. The zero-order valence-corrected chi connectivity index (χ0v) is 14.4. The summed E-state index contributed by atoms with van der Waals surface area (Å²) >= 11 is 1.34. The second-order valence-electron chi connectivity index (χ2n) is 5.90. The highest BCUT2D eigenvalue weighted by Crippen LogP contribution is 2.11. The van der Waals surface area contributed by atoms with E-state index in [2.05, 4.69) is 16.0 Å². The monoisotopic (exact) mass is 335 g/mol. The summed E-state index contributed by atoms with van der Waals surface area (Å²) in [4.78, 5) is 23.5. The Morgan fingerprint density at radius 3 is 2.65 bits per heavy atom. The van der Waals surface area contributed by atoms with Crippen LogP contribution in [0.2, 0.25) is 0 Å². The van der Waals surface area contributed by atoms with Gasteiger partial charge in [-0.3, -0.25) is 9.59 Å². The second-order valence-corrected chi connectivity index (χ2v) is 6.89. The molecule has 5 nitrogen and oxygen atoms in total. The van der Waals surface area contributed by atoms with Crippen molar-refractivity contribution >= 4 is 29.3 Å². The van der Waals surface area contributed by atoms with Crippen molar-refractivity contribution in [2.75, 3.05) is 36.5 Å².